The van der Waals surface area contributed by atoms with Gasteiger partial charge in [0.25, 0.3) is 11.5 Å². The lowest BCUT2D eigenvalue weighted by Gasteiger charge is -1.98. The van der Waals surface area contributed by atoms with Crippen molar-refractivity contribution in [3.05, 3.63) is 87.5 Å². The summed E-state index contributed by atoms with van der Waals surface area (Å²) in [5.41, 5.74) is 0.978. The van der Waals surface area contributed by atoms with E-state index in [1.165, 1.54) is 12.3 Å². The van der Waals surface area contributed by atoms with Crippen LogP contribution in [0.15, 0.2) is 59.7 Å². The zero-order chi connectivity index (χ0) is 19.4. The molecule has 27 heavy (non-hydrogen) atoms. The number of carbonyl (C=O) groups is 1. The predicted octanol–water partition coefficient (Wildman–Crippen LogP) is 2.46. The van der Waals surface area contributed by atoms with Gasteiger partial charge in [-0.25, -0.2) is 0 Å². The largest absolute Gasteiger partial charge is 0.301 e. The number of aryl methyl sites for hydroxylation is 1. The topological polar surface area (TPSA) is 94.3 Å². The summed E-state index contributed by atoms with van der Waals surface area (Å²) >= 11 is 0. The molecule has 0 aliphatic rings. The molecule has 8 nitrogen and oxygen atoms in total. The molecule has 0 fully saturated rings. The first kappa shape index (κ1) is 18.1. The quantitative estimate of drug-likeness (QED) is 0.221. The summed E-state index contributed by atoms with van der Waals surface area (Å²) in [6.45, 7) is 3.63. The van der Waals surface area contributed by atoms with Crippen molar-refractivity contribution in [1.82, 2.24) is 9.77 Å². The molecule has 0 atom stereocenters. The van der Waals surface area contributed by atoms with E-state index in [1.54, 1.807) is 53.5 Å². The minimum absolute atomic E-state index is 0.0243. The fourth-order valence-corrected chi connectivity index (χ4v) is 2.68. The van der Waals surface area contributed by atoms with Crippen molar-refractivity contribution in [2.45, 2.75) is 20.4 Å². The van der Waals surface area contributed by atoms with Gasteiger partial charge in [0.2, 0.25) is 5.78 Å². The molecule has 0 radical (unpaired) electrons. The minimum atomic E-state index is -0.451. The number of hydrogen-bond acceptors (Lipinski definition) is 5. The number of aromatic nitrogens is 3. The summed E-state index contributed by atoms with van der Waals surface area (Å²) < 4.78 is 3.12. The van der Waals surface area contributed by atoms with E-state index in [4.69, 9.17) is 0 Å². The Bertz CT molecular complexity index is 1030. The second kappa shape index (κ2) is 7.69. The second-order valence-electron chi connectivity index (χ2n) is 5.91. The number of para-hydroxylation sites is 1. The van der Waals surface area contributed by atoms with Crippen LogP contribution in [-0.4, -0.2) is 26.7 Å². The van der Waals surface area contributed by atoms with Gasteiger partial charge >= 0.3 is 5.82 Å². The van der Waals surface area contributed by atoms with Crippen molar-refractivity contribution in [1.29, 1.82) is 0 Å². The van der Waals surface area contributed by atoms with Crippen molar-refractivity contribution in [2.75, 3.05) is 0 Å². The molecule has 136 valence electrons. The van der Waals surface area contributed by atoms with Crippen LogP contribution in [0.5, 0.6) is 0 Å². The Balaban J connectivity index is 1.86. The van der Waals surface area contributed by atoms with Gasteiger partial charge in [-0.2, -0.15) is 0 Å². The Morgan fingerprint density at radius 2 is 1.85 bits per heavy atom. The molecule has 0 unspecified atom stereocenters. The third-order valence-electron chi connectivity index (χ3n) is 4.09. The van der Waals surface area contributed by atoms with Gasteiger partial charge in [-0.05, 0) is 11.2 Å². The summed E-state index contributed by atoms with van der Waals surface area (Å²) in [7, 11) is 0. The first-order valence-corrected chi connectivity index (χ1v) is 8.29. The summed E-state index contributed by atoms with van der Waals surface area (Å²) in [6, 6.07) is 15.4. The van der Waals surface area contributed by atoms with Crippen molar-refractivity contribution in [2.24, 2.45) is 5.10 Å². The third-order valence-corrected chi connectivity index (χ3v) is 4.09. The van der Waals surface area contributed by atoms with Crippen LogP contribution in [0.4, 0.5) is 5.69 Å². The SMILES string of the molecule is Cc1n[n+](CC(=O)c2ccccc2)c(C)n1N=Cc1ccccc1[N+](=O)[O-]. The Morgan fingerprint density at radius 1 is 1.19 bits per heavy atom. The monoisotopic (exact) mass is 364 g/mol. The summed E-state index contributed by atoms with van der Waals surface area (Å²) in [5, 5.41) is 19.8. The van der Waals surface area contributed by atoms with Crippen LogP contribution in [0.1, 0.15) is 27.6 Å². The molecule has 3 aromatic rings. The Kier molecular flexibility index (Phi) is 5.16. The highest BCUT2D eigenvalue weighted by Gasteiger charge is 2.22. The van der Waals surface area contributed by atoms with Crippen molar-refractivity contribution in [3.8, 4) is 0 Å². The first-order valence-electron chi connectivity index (χ1n) is 8.29. The van der Waals surface area contributed by atoms with Crippen LogP contribution in [0, 0.1) is 24.0 Å². The molecule has 1 heterocycles. The molecule has 0 aliphatic carbocycles. The maximum atomic E-state index is 12.4. The van der Waals surface area contributed by atoms with Gasteiger partial charge in [-0.3, -0.25) is 14.9 Å². The van der Waals surface area contributed by atoms with E-state index in [9.17, 15) is 14.9 Å². The van der Waals surface area contributed by atoms with E-state index in [1.807, 2.05) is 18.2 Å². The number of benzene rings is 2. The normalized spacial score (nSPS) is 11.0. The fraction of sp³-hybridized carbons (Fsp3) is 0.158. The van der Waals surface area contributed by atoms with Crippen molar-refractivity contribution < 1.29 is 14.4 Å². The Hall–Kier alpha value is -3.68. The lowest BCUT2D eigenvalue weighted by atomic mass is 10.1. The van der Waals surface area contributed by atoms with Gasteiger partial charge in [0.1, 0.15) is 0 Å². The number of nitro benzene ring substituents is 1. The minimum Gasteiger partial charge on any atom is -0.290 e. The lowest BCUT2D eigenvalue weighted by Crippen LogP contribution is -2.42. The maximum absolute atomic E-state index is 12.4. The zero-order valence-electron chi connectivity index (χ0n) is 14.9. The van der Waals surface area contributed by atoms with Crippen LogP contribution >= 0.6 is 0 Å². The van der Waals surface area contributed by atoms with Crippen LogP contribution in [0.25, 0.3) is 0 Å². The molecule has 0 amide bonds. The highest BCUT2D eigenvalue weighted by Crippen LogP contribution is 2.15. The molecule has 3 rings (SSSR count). The van der Waals surface area contributed by atoms with Crippen LogP contribution in [0.2, 0.25) is 0 Å². The van der Waals surface area contributed by atoms with Crippen molar-refractivity contribution in [3.63, 3.8) is 0 Å². The van der Waals surface area contributed by atoms with E-state index in [-0.39, 0.29) is 18.0 Å². The van der Waals surface area contributed by atoms with E-state index < -0.39 is 4.92 Å². The molecule has 0 saturated carbocycles. The van der Waals surface area contributed by atoms with Gasteiger partial charge in [0.05, 0.1) is 16.7 Å². The summed E-state index contributed by atoms with van der Waals surface area (Å²) in [4.78, 5) is 23.1. The number of nitro groups is 1. The molecule has 8 heteroatoms. The van der Waals surface area contributed by atoms with Gasteiger partial charge in [-0.1, -0.05) is 52.2 Å². The molecular weight excluding hydrogens is 346 g/mol. The highest BCUT2D eigenvalue weighted by molar-refractivity contribution is 5.94. The molecular formula is C19H18N5O3+. The molecule has 0 spiro atoms. The number of carbonyl (C=O) groups excluding carboxylic acids is 1. The van der Waals surface area contributed by atoms with Gasteiger partial charge in [0.15, 0.2) is 6.54 Å². The summed E-state index contributed by atoms with van der Waals surface area (Å²) in [6.07, 6.45) is 1.42. The Labute approximate surface area is 155 Å². The highest BCUT2D eigenvalue weighted by atomic mass is 16.6. The van der Waals surface area contributed by atoms with Crippen LogP contribution in [0.3, 0.4) is 0 Å². The molecule has 0 aliphatic heterocycles. The molecule has 1 aromatic heterocycles. The van der Waals surface area contributed by atoms with E-state index >= 15 is 0 Å². The molecule has 0 N–H and O–H groups in total. The smallest absolute Gasteiger partial charge is 0.290 e. The number of rotatable bonds is 6. The lowest BCUT2D eigenvalue weighted by molar-refractivity contribution is -0.745. The van der Waals surface area contributed by atoms with E-state index in [0.29, 0.717) is 22.8 Å². The molecule has 0 bridgehead atoms. The van der Waals surface area contributed by atoms with E-state index in [2.05, 4.69) is 10.2 Å². The predicted molar refractivity (Wildman–Crippen MR) is 98.8 cm³/mol. The average Bonchev–Trinajstić information content (AvgIpc) is 2.94. The van der Waals surface area contributed by atoms with Crippen LogP contribution in [-0.2, 0) is 6.54 Å². The molecule has 0 saturated heterocycles. The third kappa shape index (κ3) is 3.95. The first-order chi connectivity index (χ1) is 13.0. The number of nitrogens with zero attached hydrogens (tertiary/aromatic N) is 5. The second-order valence-corrected chi connectivity index (χ2v) is 5.91. The van der Waals surface area contributed by atoms with Crippen molar-refractivity contribution >= 4 is 17.7 Å². The maximum Gasteiger partial charge on any atom is 0.301 e. The number of Topliss-reactive ketones (excluding diaryl/α,β-unsaturated/α-hetero) is 1. The molecule has 2 aromatic carbocycles. The standard InChI is InChI=1S/C19H18N5O3/c1-14-21-22(13-19(25)16-8-4-3-5-9-16)15(2)23(14)20-12-17-10-6-7-11-18(17)24(26)27/h3-12H,13H2,1-2H3/q+1. The number of hydrogen-bond donors (Lipinski definition) is 0. The van der Waals surface area contributed by atoms with Gasteiger partial charge in [-0.15, -0.1) is 4.68 Å². The fourth-order valence-electron chi connectivity index (χ4n) is 2.68. The van der Waals surface area contributed by atoms with Gasteiger partial charge < -0.3 is 0 Å². The zero-order valence-corrected chi connectivity index (χ0v) is 14.9. The Morgan fingerprint density at radius 3 is 2.56 bits per heavy atom. The van der Waals surface area contributed by atoms with Crippen LogP contribution < -0.4 is 4.68 Å². The van der Waals surface area contributed by atoms with Gasteiger partial charge in [0, 0.05) is 25.5 Å². The summed E-state index contributed by atoms with van der Waals surface area (Å²) in [5.74, 6) is 1.16. The average molecular weight is 364 g/mol. The van der Waals surface area contributed by atoms with E-state index in [0.717, 1.165) is 0 Å². The number of ketones is 1.